The van der Waals surface area contributed by atoms with E-state index in [9.17, 15) is 0 Å². The number of nitrogens with zero attached hydrogens (tertiary/aromatic N) is 3. The first-order valence-corrected chi connectivity index (χ1v) is 10.3. The van der Waals surface area contributed by atoms with Gasteiger partial charge in [0, 0.05) is 18.1 Å². The van der Waals surface area contributed by atoms with Crippen LogP contribution in [-0.4, -0.2) is 73.6 Å². The topological polar surface area (TPSA) is 9.72 Å². The van der Waals surface area contributed by atoms with E-state index in [4.69, 9.17) is 0 Å². The fourth-order valence-corrected chi connectivity index (χ4v) is 3.86. The van der Waals surface area contributed by atoms with E-state index in [0.29, 0.717) is 0 Å². The predicted molar refractivity (Wildman–Crippen MR) is 108 cm³/mol. The zero-order valence-electron chi connectivity index (χ0n) is 18.0. The Hall–Kier alpha value is -0.120. The second kappa shape index (κ2) is 10.1. The van der Waals surface area contributed by atoms with Crippen molar-refractivity contribution in [1.29, 1.82) is 0 Å². The Bertz CT molecular complexity index is 264. The summed E-state index contributed by atoms with van der Waals surface area (Å²) < 4.78 is 0. The van der Waals surface area contributed by atoms with Crippen molar-refractivity contribution in [2.24, 2.45) is 17.8 Å². The molecule has 0 aliphatic carbocycles. The molecule has 0 aromatic heterocycles. The second-order valence-corrected chi connectivity index (χ2v) is 8.96. The quantitative estimate of drug-likeness (QED) is 0.659. The lowest BCUT2D eigenvalue weighted by atomic mass is 10.1. The maximum Gasteiger partial charge on any atom is 0.00899 e. The standard InChI is InChI=1S/3C7H15N/c3*1-6-4-5-8(3)7(6)2/h3*6-7H,4-5H2,1-3H3/t2*6-,7+;6-,7-/m101/s1. The summed E-state index contributed by atoms with van der Waals surface area (Å²) in [6, 6.07) is 2.44. The van der Waals surface area contributed by atoms with E-state index in [0.717, 1.165) is 35.9 Å². The van der Waals surface area contributed by atoms with E-state index in [1.807, 2.05) is 0 Å². The highest BCUT2D eigenvalue weighted by Gasteiger charge is 2.24. The molecule has 0 radical (unpaired) electrons. The molecule has 0 amide bonds. The van der Waals surface area contributed by atoms with Gasteiger partial charge >= 0.3 is 0 Å². The van der Waals surface area contributed by atoms with Crippen LogP contribution in [0.2, 0.25) is 0 Å². The molecule has 0 aromatic rings. The number of rotatable bonds is 0. The van der Waals surface area contributed by atoms with Gasteiger partial charge in [-0.25, -0.2) is 0 Å². The Morgan fingerprint density at radius 3 is 0.708 bits per heavy atom. The Kier molecular flexibility index (Phi) is 9.25. The maximum absolute atomic E-state index is 2.42. The summed E-state index contributed by atoms with van der Waals surface area (Å²) in [5.41, 5.74) is 0. The summed E-state index contributed by atoms with van der Waals surface area (Å²) in [5.74, 6) is 2.75. The molecule has 3 heterocycles. The van der Waals surface area contributed by atoms with E-state index in [1.54, 1.807) is 0 Å². The first-order valence-electron chi connectivity index (χ1n) is 10.3. The molecule has 3 aliphatic rings. The lowest BCUT2D eigenvalue weighted by Crippen LogP contribution is -2.24. The van der Waals surface area contributed by atoms with Crippen LogP contribution in [0.5, 0.6) is 0 Å². The molecule has 3 rings (SSSR count). The molecule has 3 fully saturated rings. The van der Waals surface area contributed by atoms with Crippen LogP contribution >= 0.6 is 0 Å². The average molecular weight is 340 g/mol. The Morgan fingerprint density at radius 2 is 0.667 bits per heavy atom. The minimum absolute atomic E-state index is 0.815. The van der Waals surface area contributed by atoms with Crippen LogP contribution in [0.3, 0.4) is 0 Å². The summed E-state index contributed by atoms with van der Waals surface area (Å²) >= 11 is 0. The lowest BCUT2D eigenvalue weighted by molar-refractivity contribution is 0.301. The van der Waals surface area contributed by atoms with Crippen molar-refractivity contribution >= 4 is 0 Å². The summed E-state index contributed by atoms with van der Waals surface area (Å²) in [6.07, 6.45) is 4.16. The maximum atomic E-state index is 2.42. The third-order valence-electron chi connectivity index (χ3n) is 7.37. The molecule has 6 atom stereocenters. The van der Waals surface area contributed by atoms with Crippen molar-refractivity contribution in [2.45, 2.75) is 78.9 Å². The molecule has 144 valence electrons. The van der Waals surface area contributed by atoms with Crippen LogP contribution in [0.4, 0.5) is 0 Å². The molecule has 3 aliphatic heterocycles. The Morgan fingerprint density at radius 1 is 0.458 bits per heavy atom. The summed E-state index contributed by atoms with van der Waals surface area (Å²) in [6.45, 7) is 17.8. The number of likely N-dealkylation sites (tertiary alicyclic amines) is 3. The van der Waals surface area contributed by atoms with Crippen LogP contribution in [0, 0.1) is 17.8 Å². The van der Waals surface area contributed by atoms with E-state index >= 15 is 0 Å². The van der Waals surface area contributed by atoms with Crippen LogP contribution in [0.25, 0.3) is 0 Å². The van der Waals surface area contributed by atoms with Crippen molar-refractivity contribution in [1.82, 2.24) is 14.7 Å². The van der Waals surface area contributed by atoms with Crippen LogP contribution in [0.15, 0.2) is 0 Å². The van der Waals surface area contributed by atoms with Gasteiger partial charge < -0.3 is 14.7 Å². The molecular formula is C21H45N3. The fourth-order valence-electron chi connectivity index (χ4n) is 3.86. The predicted octanol–water partition coefficient (Wildman–Crippen LogP) is 4.04. The van der Waals surface area contributed by atoms with E-state index in [2.05, 4.69) is 77.4 Å². The summed E-state index contributed by atoms with van der Waals surface area (Å²) in [7, 11) is 6.61. The fraction of sp³-hybridized carbons (Fsp3) is 1.00. The zero-order valence-corrected chi connectivity index (χ0v) is 18.0. The van der Waals surface area contributed by atoms with E-state index < -0.39 is 0 Å². The van der Waals surface area contributed by atoms with Gasteiger partial charge in [0.1, 0.15) is 0 Å². The van der Waals surface area contributed by atoms with Gasteiger partial charge in [-0.1, -0.05) is 20.8 Å². The van der Waals surface area contributed by atoms with Gasteiger partial charge in [0.05, 0.1) is 0 Å². The first-order chi connectivity index (χ1) is 11.1. The van der Waals surface area contributed by atoms with Gasteiger partial charge in [-0.3, -0.25) is 0 Å². The van der Waals surface area contributed by atoms with Gasteiger partial charge in [-0.2, -0.15) is 0 Å². The minimum atomic E-state index is 0.815. The highest BCUT2D eigenvalue weighted by Crippen LogP contribution is 2.21. The molecule has 0 unspecified atom stereocenters. The molecule has 0 saturated carbocycles. The third kappa shape index (κ3) is 6.31. The molecule has 0 spiro atoms. The Labute approximate surface area is 152 Å². The van der Waals surface area contributed by atoms with Gasteiger partial charge in [-0.15, -0.1) is 0 Å². The number of hydrogen-bond donors (Lipinski definition) is 0. The van der Waals surface area contributed by atoms with Crippen molar-refractivity contribution in [3.63, 3.8) is 0 Å². The molecule has 24 heavy (non-hydrogen) atoms. The van der Waals surface area contributed by atoms with Gasteiger partial charge in [0.15, 0.2) is 0 Å². The molecule has 3 nitrogen and oxygen atoms in total. The van der Waals surface area contributed by atoms with Crippen LogP contribution < -0.4 is 0 Å². The van der Waals surface area contributed by atoms with Crippen molar-refractivity contribution < 1.29 is 0 Å². The van der Waals surface area contributed by atoms with Gasteiger partial charge in [0.2, 0.25) is 0 Å². The molecular weight excluding hydrogens is 294 g/mol. The first kappa shape index (κ1) is 21.9. The average Bonchev–Trinajstić information content (AvgIpc) is 3.13. The Balaban J connectivity index is 0.000000180. The van der Waals surface area contributed by atoms with E-state index in [1.165, 1.54) is 38.9 Å². The normalized spacial score (nSPS) is 40.9. The minimum Gasteiger partial charge on any atom is -0.303 e. The number of hydrogen-bond acceptors (Lipinski definition) is 3. The van der Waals surface area contributed by atoms with Crippen LogP contribution in [-0.2, 0) is 0 Å². The molecule has 3 saturated heterocycles. The van der Waals surface area contributed by atoms with Gasteiger partial charge in [0.25, 0.3) is 0 Å². The van der Waals surface area contributed by atoms with Crippen molar-refractivity contribution in [2.75, 3.05) is 40.8 Å². The lowest BCUT2D eigenvalue weighted by Gasteiger charge is -2.16. The highest BCUT2D eigenvalue weighted by atomic mass is 15.2. The smallest absolute Gasteiger partial charge is 0.00899 e. The van der Waals surface area contributed by atoms with Gasteiger partial charge in [-0.05, 0) is 98.6 Å². The third-order valence-corrected chi connectivity index (χ3v) is 7.37. The SMILES string of the molecule is C[C@@H]1CCN(C)[C@@H]1C.C[C@@H]1CCN(C)[C@H]1C.C[C@@H]1[C@@H](C)CCN1C. The van der Waals surface area contributed by atoms with Crippen molar-refractivity contribution in [3.05, 3.63) is 0 Å². The second-order valence-electron chi connectivity index (χ2n) is 8.96. The molecule has 0 N–H and O–H groups in total. The molecule has 0 bridgehead atoms. The molecule has 3 heteroatoms. The van der Waals surface area contributed by atoms with E-state index in [-0.39, 0.29) is 0 Å². The van der Waals surface area contributed by atoms with Crippen molar-refractivity contribution in [3.8, 4) is 0 Å². The van der Waals surface area contributed by atoms with Crippen LogP contribution in [0.1, 0.15) is 60.8 Å². The summed E-state index contributed by atoms with van der Waals surface area (Å²) in [5, 5.41) is 0. The molecule has 0 aromatic carbocycles. The largest absolute Gasteiger partial charge is 0.303 e. The highest BCUT2D eigenvalue weighted by molar-refractivity contribution is 4.79. The zero-order chi connectivity index (χ0) is 18.4. The monoisotopic (exact) mass is 339 g/mol. The summed E-state index contributed by atoms with van der Waals surface area (Å²) in [4.78, 5) is 7.26.